The predicted molar refractivity (Wildman–Crippen MR) is 78.4 cm³/mol. The number of furan rings is 1. The minimum Gasteiger partial charge on any atom is -0.463 e. The number of hydrogen-bond acceptors (Lipinski definition) is 4. The zero-order valence-corrected chi connectivity index (χ0v) is 12.8. The Balaban J connectivity index is 2.25. The molecule has 0 aliphatic rings. The summed E-state index contributed by atoms with van der Waals surface area (Å²) in [6.07, 6.45) is -5.26. The van der Waals surface area contributed by atoms with Crippen LogP contribution in [-0.4, -0.2) is 22.2 Å². The van der Waals surface area contributed by atoms with Crippen LogP contribution in [0, 0.1) is 13.8 Å². The van der Waals surface area contributed by atoms with E-state index in [1.807, 2.05) is 0 Å². The molecule has 0 aliphatic heterocycles. The Hall–Kier alpha value is -2.55. The highest BCUT2D eigenvalue weighted by Crippen LogP contribution is 2.42. The molecular weight excluding hydrogens is 329 g/mol. The average molecular weight is 344 g/mol. The van der Waals surface area contributed by atoms with Crippen LogP contribution in [0.5, 0.6) is 0 Å². The van der Waals surface area contributed by atoms with Crippen LogP contribution >= 0.6 is 0 Å². The second-order valence-corrected chi connectivity index (χ2v) is 5.39. The Bertz CT molecular complexity index is 810. The van der Waals surface area contributed by atoms with Crippen LogP contribution in [0.15, 0.2) is 33.6 Å². The van der Waals surface area contributed by atoms with Crippen molar-refractivity contribution in [1.29, 1.82) is 0 Å². The molecule has 0 bridgehead atoms. The molecule has 6 nitrogen and oxygen atoms in total. The van der Waals surface area contributed by atoms with E-state index < -0.39 is 29.9 Å². The number of nitrogens with one attached hydrogen (secondary N) is 2. The molecule has 9 heteroatoms. The van der Waals surface area contributed by atoms with Gasteiger partial charge in [-0.15, -0.1) is 0 Å². The molecule has 3 N–H and O–H groups in total. The zero-order valence-electron chi connectivity index (χ0n) is 12.8. The largest absolute Gasteiger partial charge is 0.463 e. The van der Waals surface area contributed by atoms with Crippen LogP contribution < -0.4 is 10.9 Å². The third-order valence-electron chi connectivity index (χ3n) is 3.41. The average Bonchev–Trinajstić information content (AvgIpc) is 2.88. The normalized spacial score (nSPS) is 14.2. The van der Waals surface area contributed by atoms with Crippen molar-refractivity contribution in [1.82, 2.24) is 4.98 Å². The first kappa shape index (κ1) is 17.8. The second kappa shape index (κ2) is 6.16. The van der Waals surface area contributed by atoms with Crippen molar-refractivity contribution in [3.63, 3.8) is 0 Å². The topological polar surface area (TPSA) is 95.3 Å². The number of alkyl halides is 3. The number of halogens is 3. The van der Waals surface area contributed by atoms with E-state index in [2.05, 4.69) is 10.3 Å². The molecule has 0 aromatic carbocycles. The summed E-state index contributed by atoms with van der Waals surface area (Å²) in [6, 6.07) is 3.54. The highest BCUT2D eigenvalue weighted by Gasteiger charge is 2.58. The van der Waals surface area contributed by atoms with E-state index in [1.54, 1.807) is 0 Å². The van der Waals surface area contributed by atoms with Gasteiger partial charge in [0.15, 0.2) is 0 Å². The number of carbonyl (C=O) groups is 1. The van der Waals surface area contributed by atoms with Gasteiger partial charge in [0.1, 0.15) is 11.5 Å². The van der Waals surface area contributed by atoms with Gasteiger partial charge in [-0.3, -0.25) is 9.59 Å². The van der Waals surface area contributed by atoms with Gasteiger partial charge in [-0.25, -0.2) is 0 Å². The van der Waals surface area contributed by atoms with Crippen molar-refractivity contribution in [2.75, 3.05) is 5.32 Å². The summed E-state index contributed by atoms with van der Waals surface area (Å²) >= 11 is 0. The Morgan fingerprint density at radius 2 is 2.00 bits per heavy atom. The minimum atomic E-state index is -5.12. The highest BCUT2D eigenvalue weighted by molar-refractivity contribution is 5.91. The summed E-state index contributed by atoms with van der Waals surface area (Å²) in [6.45, 7) is 2.90. The summed E-state index contributed by atoms with van der Waals surface area (Å²) in [5, 5.41) is 12.2. The molecule has 130 valence electrons. The van der Waals surface area contributed by atoms with E-state index >= 15 is 0 Å². The van der Waals surface area contributed by atoms with Gasteiger partial charge in [0.05, 0.1) is 12.1 Å². The summed E-state index contributed by atoms with van der Waals surface area (Å²) in [5.41, 5.74) is -3.45. The number of anilines is 1. The molecule has 24 heavy (non-hydrogen) atoms. The van der Waals surface area contributed by atoms with Crippen LogP contribution in [0.2, 0.25) is 0 Å². The maximum Gasteiger partial charge on any atom is 0.425 e. The van der Waals surface area contributed by atoms with Gasteiger partial charge in [0, 0.05) is 11.8 Å². The van der Waals surface area contributed by atoms with Gasteiger partial charge in [-0.05, 0) is 32.0 Å². The predicted octanol–water partition coefficient (Wildman–Crippen LogP) is 2.36. The molecule has 2 rings (SSSR count). The summed E-state index contributed by atoms with van der Waals surface area (Å²) in [7, 11) is 0. The van der Waals surface area contributed by atoms with E-state index in [1.165, 1.54) is 26.0 Å². The number of amides is 1. The van der Waals surface area contributed by atoms with Crippen LogP contribution in [-0.2, 0) is 10.4 Å². The first-order valence-electron chi connectivity index (χ1n) is 6.88. The number of aromatic amines is 1. The molecule has 2 aromatic heterocycles. The van der Waals surface area contributed by atoms with Crippen LogP contribution in [0.1, 0.15) is 23.5 Å². The fourth-order valence-electron chi connectivity index (χ4n) is 2.09. The van der Waals surface area contributed by atoms with Crippen molar-refractivity contribution >= 4 is 11.6 Å². The molecule has 0 fully saturated rings. The lowest BCUT2D eigenvalue weighted by molar-refractivity contribution is -0.272. The molecule has 0 saturated carbocycles. The van der Waals surface area contributed by atoms with Gasteiger partial charge in [-0.1, -0.05) is 0 Å². The maximum atomic E-state index is 13.3. The summed E-state index contributed by atoms with van der Waals surface area (Å²) < 4.78 is 44.7. The number of aliphatic hydroxyl groups is 1. The molecule has 0 saturated heterocycles. The van der Waals surface area contributed by atoms with E-state index in [0.29, 0.717) is 0 Å². The molecular formula is C15H15F3N2O4. The Kier molecular flexibility index (Phi) is 4.57. The molecule has 1 atom stereocenters. The first-order valence-corrected chi connectivity index (χ1v) is 6.88. The number of aromatic nitrogens is 1. The number of carbonyl (C=O) groups excluding carboxylic acids is 1. The lowest BCUT2D eigenvalue weighted by atomic mass is 9.95. The maximum absolute atomic E-state index is 13.3. The molecule has 0 spiro atoms. The number of hydrogen-bond donors (Lipinski definition) is 3. The van der Waals surface area contributed by atoms with Gasteiger partial charge >= 0.3 is 6.18 Å². The third-order valence-corrected chi connectivity index (χ3v) is 3.41. The second-order valence-electron chi connectivity index (χ2n) is 5.39. The molecule has 0 radical (unpaired) electrons. The van der Waals surface area contributed by atoms with Gasteiger partial charge in [0.2, 0.25) is 11.5 Å². The van der Waals surface area contributed by atoms with Gasteiger partial charge < -0.3 is 19.8 Å². The number of rotatable bonds is 4. The lowest BCUT2D eigenvalue weighted by Crippen LogP contribution is -2.44. The van der Waals surface area contributed by atoms with Crippen molar-refractivity contribution in [2.24, 2.45) is 0 Å². The number of aryl methyl sites for hydroxylation is 2. The quantitative estimate of drug-likeness (QED) is 0.793. The Morgan fingerprint density at radius 3 is 2.50 bits per heavy atom. The van der Waals surface area contributed by atoms with Gasteiger partial charge in [-0.2, -0.15) is 13.2 Å². The lowest BCUT2D eigenvalue weighted by Gasteiger charge is -2.27. The van der Waals surface area contributed by atoms with Crippen molar-refractivity contribution in [3.05, 3.63) is 51.8 Å². The SMILES string of the molecule is Cc1ccc([C@@](O)(CC(=O)Nc2c[nH]c(=O)c(C)c2)C(F)(F)F)o1. The highest BCUT2D eigenvalue weighted by atomic mass is 19.4. The van der Waals surface area contributed by atoms with Crippen molar-refractivity contribution in [2.45, 2.75) is 32.0 Å². The van der Waals surface area contributed by atoms with E-state index in [4.69, 9.17) is 4.42 Å². The standard InChI is InChI=1S/C15H15F3N2O4/c1-8-5-10(7-19-13(8)22)20-12(21)6-14(23,15(16,17)18)11-4-3-9(2)24-11/h3-5,7,23H,6H2,1-2H3,(H,19,22)(H,20,21)/t14-/m0/s1. The van der Waals surface area contributed by atoms with Crippen molar-refractivity contribution in [3.8, 4) is 0 Å². The zero-order chi connectivity index (χ0) is 18.1. The number of pyridine rings is 1. The Morgan fingerprint density at radius 1 is 1.33 bits per heavy atom. The molecule has 2 heterocycles. The van der Waals surface area contributed by atoms with E-state index in [0.717, 1.165) is 12.3 Å². The van der Waals surface area contributed by atoms with Crippen molar-refractivity contribution < 1.29 is 27.5 Å². The van der Waals surface area contributed by atoms with Crippen LogP contribution in [0.3, 0.4) is 0 Å². The van der Waals surface area contributed by atoms with Crippen LogP contribution in [0.25, 0.3) is 0 Å². The van der Waals surface area contributed by atoms with E-state index in [-0.39, 0.29) is 22.6 Å². The molecule has 2 aromatic rings. The van der Waals surface area contributed by atoms with Gasteiger partial charge in [0.25, 0.3) is 5.56 Å². The van der Waals surface area contributed by atoms with E-state index in [9.17, 15) is 27.9 Å². The number of H-pyrrole nitrogens is 1. The monoisotopic (exact) mass is 344 g/mol. The molecule has 0 aliphatic carbocycles. The smallest absolute Gasteiger partial charge is 0.425 e. The van der Waals surface area contributed by atoms with Crippen LogP contribution in [0.4, 0.5) is 18.9 Å². The first-order chi connectivity index (χ1) is 11.0. The molecule has 0 unspecified atom stereocenters. The summed E-state index contributed by atoms with van der Waals surface area (Å²) in [4.78, 5) is 25.5. The minimum absolute atomic E-state index is 0.109. The fourth-order valence-corrected chi connectivity index (χ4v) is 2.09. The molecule has 1 amide bonds. The fraction of sp³-hybridized carbons (Fsp3) is 0.333. The Labute approximate surface area is 134 Å². The summed E-state index contributed by atoms with van der Waals surface area (Å²) in [5.74, 6) is -1.68. The third kappa shape index (κ3) is 3.51.